The van der Waals surface area contributed by atoms with E-state index in [1.54, 1.807) is 6.07 Å². The van der Waals surface area contributed by atoms with Crippen LogP contribution in [-0.4, -0.2) is 11.5 Å². The number of hydrogen-bond acceptors (Lipinski definition) is 2. The molecule has 3 rings (SSSR count). The molecule has 1 fully saturated rings. The van der Waals surface area contributed by atoms with Gasteiger partial charge in [-0.3, -0.25) is 4.98 Å². The Balaban J connectivity index is 2.10. The van der Waals surface area contributed by atoms with E-state index >= 15 is 0 Å². The van der Waals surface area contributed by atoms with Crippen LogP contribution >= 0.6 is 0 Å². The number of halogens is 1. The lowest BCUT2D eigenvalue weighted by Gasteiger charge is -2.28. The van der Waals surface area contributed by atoms with Crippen LogP contribution in [0, 0.1) is 5.82 Å². The van der Waals surface area contributed by atoms with E-state index in [-0.39, 0.29) is 11.9 Å². The molecule has 86 valence electrons. The lowest BCUT2D eigenvalue weighted by atomic mass is 9.95. The summed E-state index contributed by atoms with van der Waals surface area (Å²) in [6, 6.07) is 11.7. The normalized spacial score (nSPS) is 18.8. The van der Waals surface area contributed by atoms with Crippen LogP contribution in [0.2, 0.25) is 0 Å². The second-order valence-electron chi connectivity index (χ2n) is 4.25. The first-order valence-electron chi connectivity index (χ1n) is 5.79. The molecule has 0 radical (unpaired) electrons. The molecule has 2 nitrogen and oxygen atoms in total. The molecule has 1 aliphatic rings. The van der Waals surface area contributed by atoms with Gasteiger partial charge >= 0.3 is 0 Å². The molecule has 0 saturated carbocycles. The first-order chi connectivity index (χ1) is 8.34. The van der Waals surface area contributed by atoms with Crippen molar-refractivity contribution in [2.24, 2.45) is 0 Å². The SMILES string of the molecule is Fc1cnc(C2CCN2)c(-c2ccccc2)c1. The van der Waals surface area contributed by atoms with E-state index in [4.69, 9.17) is 0 Å². The zero-order valence-electron chi connectivity index (χ0n) is 9.36. The predicted molar refractivity (Wildman–Crippen MR) is 65.0 cm³/mol. The molecule has 1 aromatic heterocycles. The van der Waals surface area contributed by atoms with Gasteiger partial charge in [0.25, 0.3) is 0 Å². The van der Waals surface area contributed by atoms with Gasteiger partial charge in [-0.15, -0.1) is 0 Å². The van der Waals surface area contributed by atoms with E-state index in [1.165, 1.54) is 6.20 Å². The summed E-state index contributed by atoms with van der Waals surface area (Å²) in [7, 11) is 0. The Hall–Kier alpha value is -1.74. The van der Waals surface area contributed by atoms with E-state index in [1.807, 2.05) is 30.3 Å². The van der Waals surface area contributed by atoms with Gasteiger partial charge < -0.3 is 5.32 Å². The lowest BCUT2D eigenvalue weighted by molar-refractivity contribution is 0.375. The summed E-state index contributed by atoms with van der Waals surface area (Å²) in [6.45, 7) is 1.01. The standard InChI is InChI=1S/C14H13FN2/c15-11-8-12(10-4-2-1-3-5-10)14(17-9-11)13-6-7-16-13/h1-5,8-9,13,16H,6-7H2. The molecule has 1 atom stereocenters. The zero-order valence-corrected chi connectivity index (χ0v) is 9.36. The van der Waals surface area contributed by atoms with Crippen LogP contribution in [0.3, 0.4) is 0 Å². The van der Waals surface area contributed by atoms with E-state index in [9.17, 15) is 4.39 Å². The van der Waals surface area contributed by atoms with E-state index in [0.29, 0.717) is 0 Å². The van der Waals surface area contributed by atoms with Crippen molar-refractivity contribution in [3.05, 3.63) is 54.1 Å². The second kappa shape index (κ2) is 4.26. The largest absolute Gasteiger partial charge is 0.308 e. The van der Waals surface area contributed by atoms with Crippen molar-refractivity contribution >= 4 is 0 Å². The molecule has 2 heterocycles. The fourth-order valence-electron chi connectivity index (χ4n) is 2.10. The summed E-state index contributed by atoms with van der Waals surface area (Å²) >= 11 is 0. The minimum Gasteiger partial charge on any atom is -0.308 e. The summed E-state index contributed by atoms with van der Waals surface area (Å²) in [5.74, 6) is -0.285. The molecule has 1 aliphatic heterocycles. The third kappa shape index (κ3) is 1.94. The number of nitrogens with zero attached hydrogens (tertiary/aromatic N) is 1. The van der Waals surface area contributed by atoms with Crippen molar-refractivity contribution in [1.29, 1.82) is 0 Å². The van der Waals surface area contributed by atoms with Crippen LogP contribution in [0.15, 0.2) is 42.6 Å². The Kier molecular flexibility index (Phi) is 2.61. The minimum atomic E-state index is -0.285. The summed E-state index contributed by atoms with van der Waals surface area (Å²) < 4.78 is 13.3. The molecule has 1 unspecified atom stereocenters. The van der Waals surface area contributed by atoms with Crippen LogP contribution in [0.5, 0.6) is 0 Å². The third-order valence-corrected chi connectivity index (χ3v) is 3.12. The number of nitrogens with one attached hydrogen (secondary N) is 1. The highest BCUT2D eigenvalue weighted by molar-refractivity contribution is 5.66. The van der Waals surface area contributed by atoms with Crippen LogP contribution in [0.4, 0.5) is 4.39 Å². The topological polar surface area (TPSA) is 24.9 Å². The highest BCUT2D eigenvalue weighted by Crippen LogP contribution is 2.31. The molecule has 0 bridgehead atoms. The highest BCUT2D eigenvalue weighted by Gasteiger charge is 2.23. The number of aromatic nitrogens is 1. The number of pyridine rings is 1. The maximum Gasteiger partial charge on any atom is 0.142 e. The van der Waals surface area contributed by atoms with Gasteiger partial charge in [0.05, 0.1) is 17.9 Å². The summed E-state index contributed by atoms with van der Waals surface area (Å²) in [6.07, 6.45) is 2.36. The Bertz CT molecular complexity index is 521. The van der Waals surface area contributed by atoms with Gasteiger partial charge in [0.1, 0.15) is 5.82 Å². The third-order valence-electron chi connectivity index (χ3n) is 3.12. The van der Waals surface area contributed by atoms with Crippen LogP contribution in [-0.2, 0) is 0 Å². The molecular weight excluding hydrogens is 215 g/mol. The Morgan fingerprint density at radius 3 is 2.65 bits per heavy atom. The fourth-order valence-corrected chi connectivity index (χ4v) is 2.10. The van der Waals surface area contributed by atoms with Gasteiger partial charge in [0, 0.05) is 5.56 Å². The van der Waals surface area contributed by atoms with E-state index in [2.05, 4.69) is 10.3 Å². The first-order valence-corrected chi connectivity index (χ1v) is 5.79. The molecule has 0 aliphatic carbocycles. The molecule has 0 amide bonds. The maximum atomic E-state index is 13.3. The van der Waals surface area contributed by atoms with Gasteiger partial charge in [0.2, 0.25) is 0 Å². The van der Waals surface area contributed by atoms with Gasteiger partial charge in [-0.1, -0.05) is 30.3 Å². The maximum absolute atomic E-state index is 13.3. The predicted octanol–water partition coefficient (Wildman–Crippen LogP) is 2.92. The minimum absolute atomic E-state index is 0.269. The van der Waals surface area contributed by atoms with Crippen LogP contribution < -0.4 is 5.32 Å². The van der Waals surface area contributed by atoms with Gasteiger partial charge in [-0.2, -0.15) is 0 Å². The summed E-state index contributed by atoms with van der Waals surface area (Å²) in [4.78, 5) is 4.24. The Morgan fingerprint density at radius 1 is 1.24 bits per heavy atom. The van der Waals surface area contributed by atoms with E-state index in [0.717, 1.165) is 29.8 Å². The molecular formula is C14H13FN2. The fraction of sp³-hybridized carbons (Fsp3) is 0.214. The molecule has 1 saturated heterocycles. The van der Waals surface area contributed by atoms with Crippen molar-refractivity contribution in [3.63, 3.8) is 0 Å². The van der Waals surface area contributed by atoms with Crippen molar-refractivity contribution in [3.8, 4) is 11.1 Å². The van der Waals surface area contributed by atoms with Crippen molar-refractivity contribution in [2.45, 2.75) is 12.5 Å². The molecule has 1 N–H and O–H groups in total. The van der Waals surface area contributed by atoms with Crippen LogP contribution in [0.1, 0.15) is 18.2 Å². The van der Waals surface area contributed by atoms with Crippen molar-refractivity contribution in [2.75, 3.05) is 6.54 Å². The average Bonchev–Trinajstić information content (AvgIpc) is 2.30. The molecule has 3 heteroatoms. The molecule has 2 aromatic rings. The highest BCUT2D eigenvalue weighted by atomic mass is 19.1. The Morgan fingerprint density at radius 2 is 2.00 bits per heavy atom. The Labute approximate surface area is 99.5 Å². The smallest absolute Gasteiger partial charge is 0.142 e. The molecule has 1 aromatic carbocycles. The van der Waals surface area contributed by atoms with E-state index < -0.39 is 0 Å². The number of hydrogen-bond donors (Lipinski definition) is 1. The quantitative estimate of drug-likeness (QED) is 0.854. The first kappa shape index (κ1) is 10.4. The zero-order chi connectivity index (χ0) is 11.7. The number of benzene rings is 1. The molecule has 17 heavy (non-hydrogen) atoms. The van der Waals surface area contributed by atoms with Gasteiger partial charge in [-0.25, -0.2) is 4.39 Å². The van der Waals surface area contributed by atoms with Crippen LogP contribution in [0.25, 0.3) is 11.1 Å². The monoisotopic (exact) mass is 228 g/mol. The summed E-state index contributed by atoms with van der Waals surface area (Å²) in [5.41, 5.74) is 2.86. The van der Waals surface area contributed by atoms with Crippen molar-refractivity contribution in [1.82, 2.24) is 10.3 Å². The van der Waals surface area contributed by atoms with Crippen molar-refractivity contribution < 1.29 is 4.39 Å². The molecule has 0 spiro atoms. The van der Waals surface area contributed by atoms with Gasteiger partial charge in [-0.05, 0) is 24.6 Å². The summed E-state index contributed by atoms with van der Waals surface area (Å²) in [5, 5.41) is 3.31. The van der Waals surface area contributed by atoms with Gasteiger partial charge in [0.15, 0.2) is 0 Å². The average molecular weight is 228 g/mol. The lowest BCUT2D eigenvalue weighted by Crippen LogP contribution is -2.35. The number of rotatable bonds is 2. The second-order valence-corrected chi connectivity index (χ2v) is 4.25.